The van der Waals surface area contributed by atoms with Gasteiger partial charge in [-0.3, -0.25) is 9.78 Å². The molecule has 3 heterocycles. The second kappa shape index (κ2) is 11.3. The molecule has 0 bridgehead atoms. The number of pyridine rings is 1. The van der Waals surface area contributed by atoms with Gasteiger partial charge in [0.05, 0.1) is 19.1 Å². The van der Waals surface area contributed by atoms with Gasteiger partial charge in [-0.05, 0) is 49.1 Å². The van der Waals surface area contributed by atoms with Crippen LogP contribution in [0.3, 0.4) is 0 Å². The molecule has 3 amide bonds. The number of rotatable bonds is 7. The standard InChI is InChI=1S/C27H34N4O5/c32-16-24-26-22(12-20(35-24)13-25(33)29-15-17-5-4-10-28-14-17)21-11-19(8-9-23(21)36-26)31-27(34)30-18-6-2-1-3-7-18/h4-5,8-11,14,18,20,22,24,26,32H,1-3,6-7,12-13,15-16H2,(H,29,33)(H2,30,31,34)/t20-,22-,24-,26+/m1/s1. The number of anilines is 1. The Kier molecular flexibility index (Phi) is 7.67. The number of nitrogens with one attached hydrogen (secondary N) is 3. The first-order valence-corrected chi connectivity index (χ1v) is 12.9. The van der Waals surface area contributed by atoms with Crippen LogP contribution in [-0.2, 0) is 16.1 Å². The monoisotopic (exact) mass is 494 g/mol. The van der Waals surface area contributed by atoms with Crippen molar-refractivity contribution in [3.63, 3.8) is 0 Å². The first-order valence-electron chi connectivity index (χ1n) is 12.9. The summed E-state index contributed by atoms with van der Waals surface area (Å²) in [4.78, 5) is 29.2. The van der Waals surface area contributed by atoms with E-state index in [1.807, 2.05) is 30.3 Å². The third kappa shape index (κ3) is 5.79. The molecule has 9 nitrogen and oxygen atoms in total. The number of aliphatic hydroxyl groups is 1. The summed E-state index contributed by atoms with van der Waals surface area (Å²) in [5.41, 5.74) is 2.59. The maximum Gasteiger partial charge on any atom is 0.319 e. The molecule has 1 aliphatic carbocycles. The summed E-state index contributed by atoms with van der Waals surface area (Å²) in [7, 11) is 0. The molecule has 1 saturated heterocycles. The molecular formula is C27H34N4O5. The molecule has 4 N–H and O–H groups in total. The fraction of sp³-hybridized carbons (Fsp3) is 0.519. The van der Waals surface area contributed by atoms with E-state index < -0.39 is 6.10 Å². The van der Waals surface area contributed by atoms with Crippen molar-refractivity contribution in [2.75, 3.05) is 11.9 Å². The third-order valence-electron chi connectivity index (χ3n) is 7.32. The van der Waals surface area contributed by atoms with Crippen LogP contribution in [0, 0.1) is 0 Å². The molecule has 192 valence electrons. The van der Waals surface area contributed by atoms with E-state index in [9.17, 15) is 14.7 Å². The second-order valence-electron chi connectivity index (χ2n) is 9.93. The highest BCUT2D eigenvalue weighted by Gasteiger charge is 2.46. The molecule has 0 radical (unpaired) electrons. The number of amides is 3. The van der Waals surface area contributed by atoms with E-state index in [0.29, 0.717) is 18.7 Å². The van der Waals surface area contributed by atoms with Gasteiger partial charge < -0.3 is 30.5 Å². The van der Waals surface area contributed by atoms with Crippen molar-refractivity contribution < 1.29 is 24.2 Å². The topological polar surface area (TPSA) is 122 Å². The van der Waals surface area contributed by atoms with Crippen molar-refractivity contribution in [1.29, 1.82) is 0 Å². The van der Waals surface area contributed by atoms with Gasteiger partial charge in [-0.15, -0.1) is 0 Å². The molecule has 0 unspecified atom stereocenters. The lowest BCUT2D eigenvalue weighted by molar-refractivity contribution is -0.142. The van der Waals surface area contributed by atoms with Gasteiger partial charge in [-0.2, -0.15) is 0 Å². The third-order valence-corrected chi connectivity index (χ3v) is 7.32. The maximum atomic E-state index is 12.6. The normalized spacial score (nSPS) is 25.2. The smallest absolute Gasteiger partial charge is 0.319 e. The molecular weight excluding hydrogens is 460 g/mol. The Labute approximate surface area is 211 Å². The number of aliphatic hydroxyl groups excluding tert-OH is 1. The lowest BCUT2D eigenvalue weighted by atomic mass is 9.84. The van der Waals surface area contributed by atoms with Gasteiger partial charge in [0.15, 0.2) is 0 Å². The second-order valence-corrected chi connectivity index (χ2v) is 9.93. The molecule has 2 aromatic rings. The molecule has 36 heavy (non-hydrogen) atoms. The predicted molar refractivity (Wildman–Crippen MR) is 134 cm³/mol. The summed E-state index contributed by atoms with van der Waals surface area (Å²) >= 11 is 0. The number of carbonyl (C=O) groups excluding carboxylic acids is 2. The van der Waals surface area contributed by atoms with E-state index >= 15 is 0 Å². The Morgan fingerprint density at radius 2 is 2.00 bits per heavy atom. The molecule has 1 saturated carbocycles. The number of carbonyl (C=O) groups is 2. The summed E-state index contributed by atoms with van der Waals surface area (Å²) in [5.74, 6) is 0.574. The van der Waals surface area contributed by atoms with E-state index in [1.165, 1.54) is 6.42 Å². The summed E-state index contributed by atoms with van der Waals surface area (Å²) in [6.45, 7) is 0.205. The first-order chi connectivity index (χ1) is 17.6. The molecule has 2 fully saturated rings. The van der Waals surface area contributed by atoms with Gasteiger partial charge >= 0.3 is 6.03 Å². The Hall–Kier alpha value is -3.17. The van der Waals surface area contributed by atoms with Crippen LogP contribution in [0.2, 0.25) is 0 Å². The van der Waals surface area contributed by atoms with Crippen molar-refractivity contribution in [2.24, 2.45) is 0 Å². The van der Waals surface area contributed by atoms with E-state index in [0.717, 1.165) is 42.6 Å². The maximum absolute atomic E-state index is 12.6. The number of hydrogen-bond acceptors (Lipinski definition) is 6. The Bertz CT molecular complexity index is 1060. The highest BCUT2D eigenvalue weighted by molar-refractivity contribution is 5.89. The molecule has 4 atom stereocenters. The van der Waals surface area contributed by atoms with Gasteiger partial charge in [0, 0.05) is 42.1 Å². The van der Waals surface area contributed by atoms with Crippen LogP contribution in [0.5, 0.6) is 5.75 Å². The van der Waals surface area contributed by atoms with Crippen molar-refractivity contribution >= 4 is 17.6 Å². The number of aromatic nitrogens is 1. The SMILES string of the molecule is O=C(C[C@H]1C[C@@H]2c3cc(NC(=O)NC4CCCCC4)ccc3O[C@@H]2[C@@H](CO)O1)NCc1cccnc1. The predicted octanol–water partition coefficient (Wildman–Crippen LogP) is 3.24. The number of nitrogens with zero attached hydrogens (tertiary/aromatic N) is 1. The Morgan fingerprint density at radius 1 is 1.14 bits per heavy atom. The minimum atomic E-state index is -0.529. The summed E-state index contributed by atoms with van der Waals surface area (Å²) < 4.78 is 12.2. The zero-order chi connectivity index (χ0) is 24.9. The lowest BCUT2D eigenvalue weighted by Crippen LogP contribution is -2.47. The molecule has 9 heteroatoms. The fourth-order valence-corrected chi connectivity index (χ4v) is 5.55. The van der Waals surface area contributed by atoms with Crippen molar-refractivity contribution in [2.45, 2.75) is 81.8 Å². The number of hydrogen-bond donors (Lipinski definition) is 4. The van der Waals surface area contributed by atoms with E-state index in [2.05, 4.69) is 20.9 Å². The van der Waals surface area contributed by atoms with Gasteiger partial charge in [0.25, 0.3) is 0 Å². The van der Waals surface area contributed by atoms with Gasteiger partial charge in [0.1, 0.15) is 18.0 Å². The Morgan fingerprint density at radius 3 is 2.78 bits per heavy atom. The van der Waals surface area contributed by atoms with Gasteiger partial charge in [-0.25, -0.2) is 4.79 Å². The van der Waals surface area contributed by atoms with Gasteiger partial charge in [0.2, 0.25) is 5.91 Å². The Balaban J connectivity index is 1.21. The first kappa shape index (κ1) is 24.5. The van der Waals surface area contributed by atoms with Gasteiger partial charge in [-0.1, -0.05) is 25.3 Å². The zero-order valence-electron chi connectivity index (χ0n) is 20.3. The number of fused-ring (bicyclic) bond motifs is 3. The average molecular weight is 495 g/mol. The van der Waals surface area contributed by atoms with Crippen LogP contribution < -0.4 is 20.7 Å². The van der Waals surface area contributed by atoms with E-state index in [1.54, 1.807) is 12.4 Å². The summed E-state index contributed by atoms with van der Waals surface area (Å²) in [5, 5.41) is 18.9. The zero-order valence-corrected chi connectivity index (χ0v) is 20.3. The van der Waals surface area contributed by atoms with Crippen LogP contribution in [0.15, 0.2) is 42.7 Å². The van der Waals surface area contributed by atoms with E-state index in [4.69, 9.17) is 9.47 Å². The molecule has 1 aromatic carbocycles. The fourth-order valence-electron chi connectivity index (χ4n) is 5.55. The van der Waals surface area contributed by atoms with Crippen LogP contribution >= 0.6 is 0 Å². The van der Waals surface area contributed by atoms with Crippen LogP contribution in [0.1, 0.15) is 62.0 Å². The average Bonchev–Trinajstić information content (AvgIpc) is 3.26. The summed E-state index contributed by atoms with van der Waals surface area (Å²) in [6.07, 6.45) is 8.58. The molecule has 3 aliphatic rings. The largest absolute Gasteiger partial charge is 0.487 e. The quantitative estimate of drug-likeness (QED) is 0.469. The van der Waals surface area contributed by atoms with E-state index in [-0.39, 0.29) is 49.1 Å². The van der Waals surface area contributed by atoms with Crippen LogP contribution in [0.25, 0.3) is 0 Å². The van der Waals surface area contributed by atoms with Crippen molar-refractivity contribution in [1.82, 2.24) is 15.6 Å². The van der Waals surface area contributed by atoms with Crippen molar-refractivity contribution in [3.05, 3.63) is 53.9 Å². The van der Waals surface area contributed by atoms with Crippen molar-refractivity contribution in [3.8, 4) is 5.75 Å². The minimum Gasteiger partial charge on any atom is -0.487 e. The molecule has 0 spiro atoms. The highest BCUT2D eigenvalue weighted by atomic mass is 16.6. The number of urea groups is 1. The lowest BCUT2D eigenvalue weighted by Gasteiger charge is -2.37. The minimum absolute atomic E-state index is 0.0369. The van der Waals surface area contributed by atoms with Crippen LogP contribution in [-0.4, -0.2) is 53.0 Å². The molecule has 5 rings (SSSR count). The number of benzene rings is 1. The molecule has 2 aliphatic heterocycles. The summed E-state index contributed by atoms with van der Waals surface area (Å²) in [6, 6.07) is 9.40. The molecule has 1 aromatic heterocycles. The van der Waals surface area contributed by atoms with Crippen LogP contribution in [0.4, 0.5) is 10.5 Å². The highest BCUT2D eigenvalue weighted by Crippen LogP contribution is 2.47. The number of ether oxygens (including phenoxy) is 2.